The molecular formula is C20H23N4O+. The molecule has 128 valence electrons. The van der Waals surface area contributed by atoms with Gasteiger partial charge in [-0.3, -0.25) is 4.79 Å². The summed E-state index contributed by atoms with van der Waals surface area (Å²) >= 11 is 0. The van der Waals surface area contributed by atoms with E-state index in [1.54, 1.807) is 0 Å². The van der Waals surface area contributed by atoms with Crippen LogP contribution >= 0.6 is 0 Å². The fourth-order valence-electron chi connectivity index (χ4n) is 3.13. The Kier molecular flexibility index (Phi) is 5.65. The Labute approximate surface area is 148 Å². The van der Waals surface area contributed by atoms with Gasteiger partial charge >= 0.3 is 0 Å². The molecule has 2 N–H and O–H groups in total. The van der Waals surface area contributed by atoms with Crippen LogP contribution in [-0.4, -0.2) is 38.6 Å². The van der Waals surface area contributed by atoms with Crippen molar-refractivity contribution in [2.45, 2.75) is 6.42 Å². The number of quaternary nitrogens is 1. The second-order valence-corrected chi connectivity index (χ2v) is 6.33. The van der Waals surface area contributed by atoms with Gasteiger partial charge in [-0.15, -0.1) is 0 Å². The van der Waals surface area contributed by atoms with Crippen molar-refractivity contribution in [1.82, 2.24) is 0 Å². The molecule has 2 aromatic rings. The highest BCUT2D eigenvalue weighted by Gasteiger charge is 2.22. The van der Waals surface area contributed by atoms with E-state index in [-0.39, 0.29) is 5.91 Å². The molecule has 1 amide bonds. The van der Waals surface area contributed by atoms with Crippen molar-refractivity contribution in [1.29, 1.82) is 5.26 Å². The molecular weight excluding hydrogens is 312 g/mol. The van der Waals surface area contributed by atoms with E-state index in [4.69, 9.17) is 5.26 Å². The smallest absolute Gasteiger partial charge is 0.279 e. The SMILES string of the molecule is N#CCc1ccc(NC(=O)C[NH+]2CCN(c3ccccc3)CC2)cc1. The van der Waals surface area contributed by atoms with Gasteiger partial charge in [0.25, 0.3) is 5.91 Å². The van der Waals surface area contributed by atoms with Crippen molar-refractivity contribution in [2.75, 3.05) is 42.9 Å². The molecule has 1 saturated heterocycles. The summed E-state index contributed by atoms with van der Waals surface area (Å²) in [4.78, 5) is 15.9. The summed E-state index contributed by atoms with van der Waals surface area (Å²) in [6.07, 6.45) is 0.393. The Bertz CT molecular complexity index is 729. The first-order valence-corrected chi connectivity index (χ1v) is 8.64. The predicted octanol–water partition coefficient (Wildman–Crippen LogP) is 1.10. The number of benzene rings is 2. The molecule has 0 aliphatic carbocycles. The number of anilines is 2. The lowest BCUT2D eigenvalue weighted by molar-refractivity contribution is -0.892. The van der Waals surface area contributed by atoms with Gasteiger partial charge in [0, 0.05) is 11.4 Å². The first-order chi connectivity index (χ1) is 12.2. The Balaban J connectivity index is 1.45. The van der Waals surface area contributed by atoms with Gasteiger partial charge in [0.15, 0.2) is 6.54 Å². The van der Waals surface area contributed by atoms with Crippen LogP contribution in [0.15, 0.2) is 54.6 Å². The topological polar surface area (TPSA) is 60.6 Å². The number of hydrogen-bond acceptors (Lipinski definition) is 3. The number of amides is 1. The minimum absolute atomic E-state index is 0.0381. The van der Waals surface area contributed by atoms with Gasteiger partial charge in [0.2, 0.25) is 0 Å². The summed E-state index contributed by atoms with van der Waals surface area (Å²) in [5, 5.41) is 11.6. The van der Waals surface area contributed by atoms with E-state index in [0.717, 1.165) is 37.4 Å². The van der Waals surface area contributed by atoms with Crippen LogP contribution in [0, 0.1) is 11.3 Å². The van der Waals surface area contributed by atoms with E-state index in [2.05, 4.69) is 40.6 Å². The average Bonchev–Trinajstić information content (AvgIpc) is 2.65. The lowest BCUT2D eigenvalue weighted by Gasteiger charge is -2.33. The molecule has 2 aromatic carbocycles. The van der Waals surface area contributed by atoms with E-state index in [9.17, 15) is 4.79 Å². The van der Waals surface area contributed by atoms with Gasteiger partial charge < -0.3 is 15.1 Å². The van der Waals surface area contributed by atoms with Crippen LogP contribution in [0.5, 0.6) is 0 Å². The van der Waals surface area contributed by atoms with Crippen LogP contribution in [-0.2, 0) is 11.2 Å². The molecule has 3 rings (SSSR count). The number of para-hydroxylation sites is 1. The van der Waals surface area contributed by atoms with Crippen LogP contribution < -0.4 is 15.1 Å². The zero-order valence-corrected chi connectivity index (χ0v) is 14.2. The molecule has 5 nitrogen and oxygen atoms in total. The summed E-state index contributed by atoms with van der Waals surface area (Å²) in [5.74, 6) is 0.0381. The van der Waals surface area contributed by atoms with E-state index < -0.39 is 0 Å². The third-order valence-electron chi connectivity index (χ3n) is 4.52. The molecule has 0 radical (unpaired) electrons. The van der Waals surface area contributed by atoms with Crippen LogP contribution in [0.2, 0.25) is 0 Å². The van der Waals surface area contributed by atoms with Gasteiger partial charge in [-0.25, -0.2) is 0 Å². The highest BCUT2D eigenvalue weighted by atomic mass is 16.2. The molecule has 25 heavy (non-hydrogen) atoms. The van der Waals surface area contributed by atoms with Crippen LogP contribution in [0.4, 0.5) is 11.4 Å². The molecule has 0 unspecified atom stereocenters. The Morgan fingerprint density at radius 3 is 2.40 bits per heavy atom. The van der Waals surface area contributed by atoms with Crippen molar-refractivity contribution in [2.24, 2.45) is 0 Å². The first kappa shape index (κ1) is 17.0. The Morgan fingerprint density at radius 2 is 1.76 bits per heavy atom. The number of hydrogen-bond donors (Lipinski definition) is 2. The highest BCUT2D eigenvalue weighted by Crippen LogP contribution is 2.12. The van der Waals surface area contributed by atoms with Crippen LogP contribution in [0.25, 0.3) is 0 Å². The Morgan fingerprint density at radius 1 is 1.08 bits per heavy atom. The summed E-state index contributed by atoms with van der Waals surface area (Å²) in [6, 6.07) is 20.0. The molecule has 0 aromatic heterocycles. The zero-order valence-electron chi connectivity index (χ0n) is 14.2. The molecule has 1 heterocycles. The van der Waals surface area contributed by atoms with Crippen molar-refractivity contribution < 1.29 is 9.69 Å². The van der Waals surface area contributed by atoms with Gasteiger partial charge in [-0.1, -0.05) is 30.3 Å². The lowest BCUT2D eigenvalue weighted by Crippen LogP contribution is -3.15. The monoisotopic (exact) mass is 335 g/mol. The third-order valence-corrected chi connectivity index (χ3v) is 4.52. The maximum absolute atomic E-state index is 12.2. The molecule has 5 heteroatoms. The molecule has 1 fully saturated rings. The number of carbonyl (C=O) groups excluding carboxylic acids is 1. The van der Waals surface area contributed by atoms with Gasteiger partial charge in [-0.2, -0.15) is 5.26 Å². The van der Waals surface area contributed by atoms with Gasteiger partial charge in [0.05, 0.1) is 38.7 Å². The van der Waals surface area contributed by atoms with Crippen molar-refractivity contribution in [3.8, 4) is 6.07 Å². The number of nitrogens with one attached hydrogen (secondary N) is 2. The third kappa shape index (κ3) is 4.82. The van der Waals surface area contributed by atoms with E-state index in [1.807, 2.05) is 30.3 Å². The van der Waals surface area contributed by atoms with Crippen molar-refractivity contribution in [3.05, 3.63) is 60.2 Å². The van der Waals surface area contributed by atoms with Crippen LogP contribution in [0.3, 0.4) is 0 Å². The van der Waals surface area contributed by atoms with Gasteiger partial charge in [-0.05, 0) is 29.8 Å². The predicted molar refractivity (Wildman–Crippen MR) is 98.6 cm³/mol. The summed E-state index contributed by atoms with van der Waals surface area (Å²) in [7, 11) is 0. The van der Waals surface area contributed by atoms with Crippen molar-refractivity contribution in [3.63, 3.8) is 0 Å². The second kappa shape index (κ2) is 8.32. The average molecular weight is 335 g/mol. The summed E-state index contributed by atoms with van der Waals surface area (Å²) in [6.45, 7) is 4.35. The number of carbonyl (C=O) groups is 1. The molecule has 0 saturated carbocycles. The fourth-order valence-corrected chi connectivity index (χ4v) is 3.13. The lowest BCUT2D eigenvalue weighted by atomic mass is 10.1. The molecule has 0 atom stereocenters. The molecule has 1 aliphatic rings. The maximum Gasteiger partial charge on any atom is 0.279 e. The van der Waals surface area contributed by atoms with Crippen molar-refractivity contribution >= 4 is 17.3 Å². The number of nitrogens with zero attached hydrogens (tertiary/aromatic N) is 2. The zero-order chi connectivity index (χ0) is 17.5. The second-order valence-electron chi connectivity index (χ2n) is 6.33. The van der Waals surface area contributed by atoms with E-state index in [1.165, 1.54) is 10.6 Å². The maximum atomic E-state index is 12.2. The Hall–Kier alpha value is -2.84. The first-order valence-electron chi connectivity index (χ1n) is 8.64. The molecule has 1 aliphatic heterocycles. The normalized spacial score (nSPS) is 14.8. The molecule has 0 bridgehead atoms. The number of nitriles is 1. The van der Waals surface area contributed by atoms with Gasteiger partial charge in [0.1, 0.15) is 0 Å². The van der Waals surface area contributed by atoms with Crippen LogP contribution in [0.1, 0.15) is 5.56 Å². The number of rotatable bonds is 5. The summed E-state index contributed by atoms with van der Waals surface area (Å²) in [5.41, 5.74) is 3.00. The minimum Gasteiger partial charge on any atom is -0.360 e. The quantitative estimate of drug-likeness (QED) is 0.860. The largest absolute Gasteiger partial charge is 0.360 e. The standard InChI is InChI=1S/C20H22N4O/c21-11-10-17-6-8-18(9-7-17)22-20(25)16-23-12-14-24(15-13-23)19-4-2-1-3-5-19/h1-9H,10,12-16H2,(H,22,25)/p+1. The van der Waals surface area contributed by atoms with E-state index >= 15 is 0 Å². The minimum atomic E-state index is 0.0381. The highest BCUT2D eigenvalue weighted by molar-refractivity contribution is 5.91. The van der Waals surface area contributed by atoms with E-state index in [0.29, 0.717) is 13.0 Å². The molecule has 0 spiro atoms. The fraction of sp³-hybridized carbons (Fsp3) is 0.300. The summed E-state index contributed by atoms with van der Waals surface area (Å²) < 4.78 is 0. The number of piperazine rings is 1.